The highest BCUT2D eigenvalue weighted by atomic mass is 19.4. The van der Waals surface area contributed by atoms with E-state index in [1.54, 1.807) is 17.0 Å². The molecule has 0 spiro atoms. The van der Waals surface area contributed by atoms with Crippen LogP contribution in [0.5, 0.6) is 0 Å². The summed E-state index contributed by atoms with van der Waals surface area (Å²) < 4.78 is 46.1. The topological polar surface area (TPSA) is 79.5 Å². The molecule has 4 heterocycles. The number of halogens is 3. The minimum absolute atomic E-state index is 0.0997. The lowest BCUT2D eigenvalue weighted by Crippen LogP contribution is -2.36. The number of aromatic nitrogens is 2. The van der Waals surface area contributed by atoms with Gasteiger partial charge in [0.25, 0.3) is 6.01 Å². The van der Waals surface area contributed by atoms with E-state index in [4.69, 9.17) is 4.42 Å². The van der Waals surface area contributed by atoms with Crippen molar-refractivity contribution in [3.63, 3.8) is 0 Å². The van der Waals surface area contributed by atoms with Crippen LogP contribution >= 0.6 is 0 Å². The highest BCUT2D eigenvalue weighted by Gasteiger charge is 2.41. The Morgan fingerprint density at radius 3 is 2.37 bits per heavy atom. The molecular formula is C25H31F3N4O3. The third-order valence-electron chi connectivity index (χ3n) is 6.71. The van der Waals surface area contributed by atoms with Crippen LogP contribution in [0.15, 0.2) is 22.7 Å². The Morgan fingerprint density at radius 2 is 1.77 bits per heavy atom. The Kier molecular flexibility index (Phi) is 7.76. The van der Waals surface area contributed by atoms with Crippen molar-refractivity contribution in [2.75, 3.05) is 36.0 Å². The van der Waals surface area contributed by atoms with Crippen molar-refractivity contribution in [2.45, 2.75) is 64.5 Å². The number of Topliss-reactive ketones (excluding diaryl/α,β-unsaturated/α-hetero) is 2. The molecule has 2 aromatic rings. The maximum atomic E-state index is 13.6. The number of carbonyl (C=O) groups is 2. The second-order valence-electron chi connectivity index (χ2n) is 9.32. The number of piperidine rings is 2. The normalized spacial score (nSPS) is 17.6. The number of hydrogen-bond acceptors (Lipinski definition) is 7. The summed E-state index contributed by atoms with van der Waals surface area (Å²) in [6, 6.07) is 3.32. The van der Waals surface area contributed by atoms with Gasteiger partial charge in [0.15, 0.2) is 5.69 Å². The summed E-state index contributed by atoms with van der Waals surface area (Å²) in [5, 5.41) is 0. The SMILES string of the molecule is CCCC(=O)C1CCN(c2ccc(CC(=O)c3oc(N4CCCCC4)nc3C(F)(F)F)cn2)CC1. The van der Waals surface area contributed by atoms with Gasteiger partial charge in [-0.25, -0.2) is 4.98 Å². The molecule has 0 aromatic carbocycles. The highest BCUT2D eigenvalue weighted by molar-refractivity contribution is 5.96. The number of ketones is 2. The van der Waals surface area contributed by atoms with Gasteiger partial charge in [-0.1, -0.05) is 13.0 Å². The van der Waals surface area contributed by atoms with Crippen molar-refractivity contribution >= 4 is 23.4 Å². The van der Waals surface area contributed by atoms with E-state index in [9.17, 15) is 22.8 Å². The molecule has 0 N–H and O–H groups in total. The lowest BCUT2D eigenvalue weighted by molar-refractivity contribution is -0.141. The van der Waals surface area contributed by atoms with Crippen LogP contribution in [-0.4, -0.2) is 47.7 Å². The number of rotatable bonds is 8. The Bertz CT molecular complexity index is 1020. The van der Waals surface area contributed by atoms with Gasteiger partial charge < -0.3 is 14.2 Å². The molecule has 10 heteroatoms. The average molecular weight is 493 g/mol. The molecular weight excluding hydrogens is 461 g/mol. The molecule has 4 rings (SSSR count). The largest absolute Gasteiger partial charge is 0.437 e. The van der Waals surface area contributed by atoms with E-state index < -0.39 is 23.4 Å². The summed E-state index contributed by atoms with van der Waals surface area (Å²) >= 11 is 0. The van der Waals surface area contributed by atoms with Crippen LogP contribution in [0, 0.1) is 5.92 Å². The molecule has 190 valence electrons. The highest BCUT2D eigenvalue weighted by Crippen LogP contribution is 2.35. The zero-order valence-corrected chi connectivity index (χ0v) is 19.9. The van der Waals surface area contributed by atoms with Gasteiger partial charge in [-0.05, 0) is 50.2 Å². The molecule has 0 atom stereocenters. The van der Waals surface area contributed by atoms with E-state index >= 15 is 0 Å². The first kappa shape index (κ1) is 25.2. The van der Waals surface area contributed by atoms with Crippen molar-refractivity contribution in [3.05, 3.63) is 35.3 Å². The maximum Gasteiger partial charge on any atom is 0.437 e. The Hall–Kier alpha value is -2.91. The van der Waals surface area contributed by atoms with E-state index in [-0.39, 0.29) is 18.4 Å². The summed E-state index contributed by atoms with van der Waals surface area (Å²) in [7, 11) is 0. The molecule has 0 aliphatic carbocycles. The number of nitrogens with zero attached hydrogens (tertiary/aromatic N) is 4. The van der Waals surface area contributed by atoms with Crippen LogP contribution in [0.2, 0.25) is 0 Å². The fraction of sp³-hybridized carbons (Fsp3) is 0.600. The summed E-state index contributed by atoms with van der Waals surface area (Å²) in [6.45, 7) is 4.56. The van der Waals surface area contributed by atoms with Gasteiger partial charge >= 0.3 is 6.18 Å². The monoisotopic (exact) mass is 492 g/mol. The van der Waals surface area contributed by atoms with Crippen molar-refractivity contribution < 1.29 is 27.2 Å². The van der Waals surface area contributed by atoms with Gasteiger partial charge in [-0.3, -0.25) is 9.59 Å². The molecule has 2 saturated heterocycles. The second kappa shape index (κ2) is 10.8. The fourth-order valence-corrected chi connectivity index (χ4v) is 4.77. The number of anilines is 2. The van der Waals surface area contributed by atoms with Crippen LogP contribution in [0.4, 0.5) is 25.0 Å². The molecule has 7 nitrogen and oxygen atoms in total. The van der Waals surface area contributed by atoms with E-state index in [0.717, 1.165) is 57.4 Å². The van der Waals surface area contributed by atoms with Gasteiger partial charge in [0.05, 0.1) is 0 Å². The summed E-state index contributed by atoms with van der Waals surface area (Å²) in [6.07, 6.45) is 2.20. The van der Waals surface area contributed by atoms with E-state index in [2.05, 4.69) is 14.9 Å². The quantitative estimate of drug-likeness (QED) is 0.475. The molecule has 0 bridgehead atoms. The smallest absolute Gasteiger partial charge is 0.420 e. The third kappa shape index (κ3) is 6.02. The van der Waals surface area contributed by atoms with Gasteiger partial charge in [0.2, 0.25) is 11.5 Å². The molecule has 0 amide bonds. The molecule has 35 heavy (non-hydrogen) atoms. The fourth-order valence-electron chi connectivity index (χ4n) is 4.77. The van der Waals surface area contributed by atoms with Crippen molar-refractivity contribution in [2.24, 2.45) is 5.92 Å². The second-order valence-corrected chi connectivity index (χ2v) is 9.32. The van der Waals surface area contributed by atoms with Crippen molar-refractivity contribution in [1.82, 2.24) is 9.97 Å². The predicted octanol–water partition coefficient (Wildman–Crippen LogP) is 5.09. The number of hydrogen-bond donors (Lipinski definition) is 0. The summed E-state index contributed by atoms with van der Waals surface area (Å²) in [5.74, 6) is -0.379. The standard InChI is InChI=1S/C25H31F3N4O3/c1-2-6-19(33)18-9-13-31(14-10-18)21-8-7-17(16-29-21)15-20(34)22-23(25(26,27)28)30-24(35-22)32-11-4-3-5-12-32/h7-8,16,18H,2-6,9-15H2,1H3. The van der Waals surface area contributed by atoms with E-state index in [1.165, 1.54) is 6.20 Å². The molecule has 2 aromatic heterocycles. The number of pyridine rings is 1. The summed E-state index contributed by atoms with van der Waals surface area (Å²) in [4.78, 5) is 36.7. The molecule has 0 unspecified atom stereocenters. The Morgan fingerprint density at radius 1 is 1.06 bits per heavy atom. The molecule has 2 aliphatic heterocycles. The van der Waals surface area contributed by atoms with Gasteiger partial charge in [-0.2, -0.15) is 18.2 Å². The van der Waals surface area contributed by atoms with Crippen LogP contribution in [0.3, 0.4) is 0 Å². The number of carbonyl (C=O) groups excluding carboxylic acids is 2. The lowest BCUT2D eigenvalue weighted by atomic mass is 9.90. The van der Waals surface area contributed by atoms with E-state index in [0.29, 0.717) is 30.9 Å². The van der Waals surface area contributed by atoms with Crippen molar-refractivity contribution in [1.29, 1.82) is 0 Å². The molecule has 0 radical (unpaired) electrons. The van der Waals surface area contributed by atoms with E-state index in [1.807, 2.05) is 6.92 Å². The van der Waals surface area contributed by atoms with Gasteiger partial charge in [-0.15, -0.1) is 0 Å². The zero-order valence-electron chi connectivity index (χ0n) is 19.9. The van der Waals surface area contributed by atoms with Gasteiger partial charge in [0.1, 0.15) is 11.6 Å². The maximum absolute atomic E-state index is 13.6. The van der Waals surface area contributed by atoms with Crippen LogP contribution in [0.25, 0.3) is 0 Å². The molecule has 2 fully saturated rings. The first-order valence-electron chi connectivity index (χ1n) is 12.3. The van der Waals surface area contributed by atoms with Crippen LogP contribution in [0.1, 0.15) is 73.7 Å². The minimum Gasteiger partial charge on any atom is -0.420 e. The zero-order chi connectivity index (χ0) is 25.0. The van der Waals surface area contributed by atoms with Crippen molar-refractivity contribution in [3.8, 4) is 0 Å². The lowest BCUT2D eigenvalue weighted by Gasteiger charge is -2.32. The minimum atomic E-state index is -4.78. The van der Waals surface area contributed by atoms with Gasteiger partial charge in [0, 0.05) is 51.1 Å². The molecule has 0 saturated carbocycles. The van der Waals surface area contributed by atoms with Crippen LogP contribution in [-0.2, 0) is 17.4 Å². The first-order valence-corrected chi connectivity index (χ1v) is 12.3. The number of oxazole rings is 1. The number of alkyl halides is 3. The third-order valence-corrected chi connectivity index (χ3v) is 6.71. The molecule has 2 aliphatic rings. The predicted molar refractivity (Wildman–Crippen MR) is 125 cm³/mol. The summed E-state index contributed by atoms with van der Waals surface area (Å²) in [5.41, 5.74) is -0.774. The Labute approximate surface area is 202 Å². The van der Waals surface area contributed by atoms with Crippen LogP contribution < -0.4 is 9.80 Å². The average Bonchev–Trinajstić information content (AvgIpc) is 3.32. The Balaban J connectivity index is 1.41. The first-order chi connectivity index (χ1) is 16.8.